The molecular formula is C18H25N3O2. The van der Waals surface area contributed by atoms with Crippen LogP contribution >= 0.6 is 0 Å². The van der Waals surface area contributed by atoms with Gasteiger partial charge >= 0.3 is 0 Å². The van der Waals surface area contributed by atoms with E-state index in [1.807, 2.05) is 11.0 Å². The van der Waals surface area contributed by atoms with Gasteiger partial charge < -0.3 is 10.2 Å². The second kappa shape index (κ2) is 6.32. The number of rotatable bonds is 2. The van der Waals surface area contributed by atoms with Crippen molar-refractivity contribution in [3.8, 4) is 0 Å². The normalized spacial score (nSPS) is 24.3. The number of hydrogen-bond acceptors (Lipinski definition) is 3. The van der Waals surface area contributed by atoms with Crippen LogP contribution in [0.4, 0.5) is 0 Å². The van der Waals surface area contributed by atoms with Crippen LogP contribution in [-0.2, 0) is 22.6 Å². The SMILES string of the molecule is CC(=O)NCC(=O)N1Cc2ccccc2CC2(CCCN2C)C1. The summed E-state index contributed by atoms with van der Waals surface area (Å²) in [5.41, 5.74) is 2.59. The highest BCUT2D eigenvalue weighted by Gasteiger charge is 2.43. The van der Waals surface area contributed by atoms with Crippen LogP contribution in [0.5, 0.6) is 0 Å². The fourth-order valence-electron chi connectivity index (χ4n) is 3.90. The molecule has 23 heavy (non-hydrogen) atoms. The highest BCUT2D eigenvalue weighted by Crippen LogP contribution is 2.36. The zero-order chi connectivity index (χ0) is 16.4. The van der Waals surface area contributed by atoms with Crippen LogP contribution in [0.25, 0.3) is 0 Å². The molecule has 1 fully saturated rings. The number of likely N-dealkylation sites (tertiary alicyclic amines) is 1. The van der Waals surface area contributed by atoms with Gasteiger partial charge in [-0.3, -0.25) is 14.5 Å². The fourth-order valence-corrected chi connectivity index (χ4v) is 3.90. The minimum absolute atomic E-state index is 0.00317. The van der Waals surface area contributed by atoms with Crippen LogP contribution in [0.3, 0.4) is 0 Å². The van der Waals surface area contributed by atoms with E-state index in [9.17, 15) is 9.59 Å². The number of nitrogens with zero attached hydrogens (tertiary/aromatic N) is 2. The minimum atomic E-state index is -0.165. The van der Waals surface area contributed by atoms with Crippen molar-refractivity contribution in [2.24, 2.45) is 0 Å². The third-order valence-electron chi connectivity index (χ3n) is 5.27. The zero-order valence-corrected chi connectivity index (χ0v) is 14.0. The number of amides is 2. The van der Waals surface area contributed by atoms with Crippen LogP contribution in [0.2, 0.25) is 0 Å². The summed E-state index contributed by atoms with van der Waals surface area (Å²) in [7, 11) is 2.16. The van der Waals surface area contributed by atoms with Crippen LogP contribution in [0.1, 0.15) is 30.9 Å². The molecule has 2 aliphatic rings. The van der Waals surface area contributed by atoms with Gasteiger partial charge in [0.25, 0.3) is 0 Å². The lowest BCUT2D eigenvalue weighted by molar-refractivity contribution is -0.134. The maximum absolute atomic E-state index is 12.6. The van der Waals surface area contributed by atoms with Gasteiger partial charge in [-0.1, -0.05) is 24.3 Å². The smallest absolute Gasteiger partial charge is 0.242 e. The van der Waals surface area contributed by atoms with Crippen LogP contribution < -0.4 is 5.32 Å². The van der Waals surface area contributed by atoms with Crippen LogP contribution in [-0.4, -0.2) is 53.8 Å². The monoisotopic (exact) mass is 315 g/mol. The number of carbonyl (C=O) groups excluding carboxylic acids is 2. The first-order valence-electron chi connectivity index (χ1n) is 8.30. The highest BCUT2D eigenvalue weighted by molar-refractivity contribution is 5.83. The maximum Gasteiger partial charge on any atom is 0.242 e. The van der Waals surface area contributed by atoms with E-state index in [2.05, 4.69) is 35.5 Å². The van der Waals surface area contributed by atoms with Gasteiger partial charge in [0.2, 0.25) is 11.8 Å². The topological polar surface area (TPSA) is 52.7 Å². The van der Waals surface area contributed by atoms with Crippen molar-refractivity contribution in [1.82, 2.24) is 15.1 Å². The molecule has 1 N–H and O–H groups in total. The number of nitrogens with one attached hydrogen (secondary N) is 1. The standard InChI is InChI=1S/C18H25N3O2/c1-14(22)19-11-17(23)21-12-16-7-4-3-6-15(16)10-18(13-21)8-5-9-20(18)2/h3-4,6-7H,5,8-13H2,1-2H3,(H,19,22). The number of benzene rings is 1. The Morgan fingerprint density at radius 1 is 1.26 bits per heavy atom. The lowest BCUT2D eigenvalue weighted by Gasteiger charge is -2.38. The quantitative estimate of drug-likeness (QED) is 0.891. The van der Waals surface area contributed by atoms with E-state index in [1.165, 1.54) is 24.5 Å². The largest absolute Gasteiger partial charge is 0.347 e. The van der Waals surface area contributed by atoms with Gasteiger partial charge in [-0.15, -0.1) is 0 Å². The molecule has 1 unspecified atom stereocenters. The number of likely N-dealkylation sites (N-methyl/N-ethyl adjacent to an activating group) is 1. The molecule has 2 amide bonds. The Morgan fingerprint density at radius 3 is 2.65 bits per heavy atom. The molecule has 0 bridgehead atoms. The molecule has 0 aliphatic carbocycles. The molecule has 0 aromatic heterocycles. The Labute approximate surface area is 137 Å². The van der Waals surface area contributed by atoms with E-state index in [0.717, 1.165) is 25.9 Å². The molecule has 1 spiro atoms. The zero-order valence-electron chi connectivity index (χ0n) is 14.0. The van der Waals surface area contributed by atoms with E-state index in [0.29, 0.717) is 6.54 Å². The Kier molecular flexibility index (Phi) is 4.39. The lowest BCUT2D eigenvalue weighted by atomic mass is 9.87. The fraction of sp³-hybridized carbons (Fsp3) is 0.556. The molecule has 0 radical (unpaired) electrons. The van der Waals surface area contributed by atoms with Crippen molar-refractivity contribution in [1.29, 1.82) is 0 Å². The Balaban J connectivity index is 1.88. The molecule has 2 aliphatic heterocycles. The summed E-state index contributed by atoms with van der Waals surface area (Å²) in [5.74, 6) is -0.169. The third-order valence-corrected chi connectivity index (χ3v) is 5.27. The number of hydrogen-bond donors (Lipinski definition) is 1. The van der Waals surface area contributed by atoms with Crippen molar-refractivity contribution >= 4 is 11.8 Å². The van der Waals surface area contributed by atoms with E-state index < -0.39 is 0 Å². The molecule has 1 atom stereocenters. The maximum atomic E-state index is 12.6. The Bertz CT molecular complexity index is 616. The summed E-state index contributed by atoms with van der Waals surface area (Å²) in [5, 5.41) is 2.63. The molecular weight excluding hydrogens is 290 g/mol. The van der Waals surface area contributed by atoms with Gasteiger partial charge in [-0.25, -0.2) is 0 Å². The first-order valence-corrected chi connectivity index (χ1v) is 8.30. The second-order valence-electron chi connectivity index (χ2n) is 6.85. The van der Waals surface area contributed by atoms with Gasteiger partial charge in [-0.05, 0) is 44.0 Å². The molecule has 2 heterocycles. The highest BCUT2D eigenvalue weighted by atomic mass is 16.2. The molecule has 0 saturated carbocycles. The summed E-state index contributed by atoms with van der Waals surface area (Å²) in [6.07, 6.45) is 3.28. The predicted molar refractivity (Wildman–Crippen MR) is 88.8 cm³/mol. The third kappa shape index (κ3) is 3.24. The number of fused-ring (bicyclic) bond motifs is 1. The summed E-state index contributed by atoms with van der Waals surface area (Å²) in [6, 6.07) is 8.41. The molecule has 5 nitrogen and oxygen atoms in total. The van der Waals surface area contributed by atoms with Gasteiger partial charge in [0, 0.05) is 25.6 Å². The first kappa shape index (κ1) is 16.0. The molecule has 1 aromatic rings. The van der Waals surface area contributed by atoms with Crippen LogP contribution in [0.15, 0.2) is 24.3 Å². The summed E-state index contributed by atoms with van der Waals surface area (Å²) in [6.45, 7) is 3.96. The van der Waals surface area contributed by atoms with E-state index >= 15 is 0 Å². The summed E-state index contributed by atoms with van der Waals surface area (Å²) >= 11 is 0. The number of carbonyl (C=O) groups is 2. The Hall–Kier alpha value is -1.88. The van der Waals surface area contributed by atoms with Gasteiger partial charge in [0.1, 0.15) is 0 Å². The molecule has 3 rings (SSSR count). The van der Waals surface area contributed by atoms with E-state index in [4.69, 9.17) is 0 Å². The van der Waals surface area contributed by atoms with Crippen molar-refractivity contribution < 1.29 is 9.59 Å². The van der Waals surface area contributed by atoms with Gasteiger partial charge in [0.05, 0.1) is 6.54 Å². The van der Waals surface area contributed by atoms with Crippen molar-refractivity contribution in [3.63, 3.8) is 0 Å². The van der Waals surface area contributed by atoms with E-state index in [1.54, 1.807) is 0 Å². The molecule has 5 heteroatoms. The average molecular weight is 315 g/mol. The van der Waals surface area contributed by atoms with E-state index in [-0.39, 0.29) is 23.9 Å². The predicted octanol–water partition coefficient (Wildman–Crippen LogP) is 1.17. The lowest BCUT2D eigenvalue weighted by Crippen LogP contribution is -2.53. The summed E-state index contributed by atoms with van der Waals surface area (Å²) in [4.78, 5) is 28.0. The second-order valence-corrected chi connectivity index (χ2v) is 6.85. The average Bonchev–Trinajstić information content (AvgIpc) is 2.77. The molecule has 1 aromatic carbocycles. The molecule has 124 valence electrons. The molecule has 1 saturated heterocycles. The van der Waals surface area contributed by atoms with Gasteiger partial charge in [-0.2, -0.15) is 0 Å². The van der Waals surface area contributed by atoms with Crippen molar-refractivity contribution in [2.75, 3.05) is 26.7 Å². The first-order chi connectivity index (χ1) is 11.0. The Morgan fingerprint density at radius 2 is 2.00 bits per heavy atom. The van der Waals surface area contributed by atoms with Crippen LogP contribution in [0, 0.1) is 0 Å². The van der Waals surface area contributed by atoms with Crippen molar-refractivity contribution in [3.05, 3.63) is 35.4 Å². The van der Waals surface area contributed by atoms with Crippen molar-refractivity contribution in [2.45, 2.75) is 38.3 Å². The van der Waals surface area contributed by atoms with Gasteiger partial charge in [0.15, 0.2) is 0 Å². The minimum Gasteiger partial charge on any atom is -0.347 e. The summed E-state index contributed by atoms with van der Waals surface area (Å²) < 4.78 is 0.